The van der Waals surface area contributed by atoms with Gasteiger partial charge in [-0.05, 0) is 32.4 Å². The number of ketones is 1. The Morgan fingerprint density at radius 1 is 1.21 bits per heavy atom. The van der Waals surface area contributed by atoms with Crippen LogP contribution >= 0.6 is 0 Å². The number of carbonyl (C=O) groups is 2. The molecule has 1 amide bonds. The highest BCUT2D eigenvalue weighted by Gasteiger charge is 2.14. The van der Waals surface area contributed by atoms with Gasteiger partial charge in [0.2, 0.25) is 5.91 Å². The second-order valence-corrected chi connectivity index (χ2v) is 3.42. The van der Waals surface area contributed by atoms with Gasteiger partial charge < -0.3 is 5.73 Å². The standard InChI is InChI=1S/C11H13NO2/c1-6-4-7(2)10(11(12)14)9(5-6)8(3)13/h4-5H,1-3H3,(H2,12,14). The minimum Gasteiger partial charge on any atom is -0.366 e. The Bertz CT molecular complexity index is 408. The number of hydrogen-bond acceptors (Lipinski definition) is 2. The maximum absolute atomic E-state index is 11.3. The molecule has 0 aliphatic carbocycles. The first kappa shape index (κ1) is 10.4. The van der Waals surface area contributed by atoms with E-state index in [-0.39, 0.29) is 5.78 Å². The van der Waals surface area contributed by atoms with Crippen LogP contribution in [0.4, 0.5) is 0 Å². The van der Waals surface area contributed by atoms with Crippen molar-refractivity contribution in [3.05, 3.63) is 34.4 Å². The van der Waals surface area contributed by atoms with Crippen LogP contribution in [0.25, 0.3) is 0 Å². The van der Waals surface area contributed by atoms with Gasteiger partial charge in [-0.25, -0.2) is 0 Å². The fourth-order valence-electron chi connectivity index (χ4n) is 1.57. The van der Waals surface area contributed by atoms with Gasteiger partial charge >= 0.3 is 0 Å². The predicted molar refractivity (Wildman–Crippen MR) is 54.4 cm³/mol. The molecule has 14 heavy (non-hydrogen) atoms. The third-order valence-electron chi connectivity index (χ3n) is 2.11. The molecule has 0 bridgehead atoms. The molecule has 3 heteroatoms. The maximum atomic E-state index is 11.3. The number of nitrogens with two attached hydrogens (primary N) is 1. The second kappa shape index (κ2) is 3.62. The fourth-order valence-corrected chi connectivity index (χ4v) is 1.57. The van der Waals surface area contributed by atoms with Crippen LogP contribution in [0, 0.1) is 13.8 Å². The van der Waals surface area contributed by atoms with Crippen molar-refractivity contribution in [1.29, 1.82) is 0 Å². The monoisotopic (exact) mass is 191 g/mol. The van der Waals surface area contributed by atoms with Crippen molar-refractivity contribution >= 4 is 11.7 Å². The van der Waals surface area contributed by atoms with Crippen molar-refractivity contribution in [1.82, 2.24) is 0 Å². The molecular weight excluding hydrogens is 178 g/mol. The highest BCUT2D eigenvalue weighted by molar-refractivity contribution is 6.07. The van der Waals surface area contributed by atoms with Crippen molar-refractivity contribution in [2.45, 2.75) is 20.8 Å². The summed E-state index contributed by atoms with van der Waals surface area (Å²) in [6, 6.07) is 3.53. The molecule has 74 valence electrons. The molecule has 0 fully saturated rings. The molecule has 0 aromatic heterocycles. The van der Waals surface area contributed by atoms with Crippen LogP contribution < -0.4 is 5.73 Å². The van der Waals surface area contributed by atoms with Gasteiger partial charge in [0.15, 0.2) is 5.78 Å². The molecule has 0 heterocycles. The predicted octanol–water partition coefficient (Wildman–Crippen LogP) is 1.60. The summed E-state index contributed by atoms with van der Waals surface area (Å²) in [5.41, 5.74) is 7.67. The van der Waals surface area contributed by atoms with E-state index in [1.165, 1.54) is 6.92 Å². The molecule has 1 aromatic rings. The Kier molecular flexibility index (Phi) is 2.70. The SMILES string of the molecule is CC(=O)c1cc(C)cc(C)c1C(N)=O. The zero-order chi connectivity index (χ0) is 10.9. The van der Waals surface area contributed by atoms with E-state index in [0.29, 0.717) is 11.1 Å². The van der Waals surface area contributed by atoms with Crippen molar-refractivity contribution in [3.8, 4) is 0 Å². The third kappa shape index (κ3) is 1.82. The number of carbonyl (C=O) groups excluding carboxylic acids is 2. The van der Waals surface area contributed by atoms with Crippen molar-refractivity contribution < 1.29 is 9.59 Å². The van der Waals surface area contributed by atoms with Gasteiger partial charge in [0, 0.05) is 5.56 Å². The van der Waals surface area contributed by atoms with Crippen molar-refractivity contribution in [2.24, 2.45) is 5.73 Å². The molecular formula is C11H13NO2. The minimum absolute atomic E-state index is 0.134. The fraction of sp³-hybridized carbons (Fsp3) is 0.273. The molecule has 0 atom stereocenters. The zero-order valence-electron chi connectivity index (χ0n) is 8.55. The quantitative estimate of drug-likeness (QED) is 0.722. The number of benzene rings is 1. The van der Waals surface area contributed by atoms with E-state index >= 15 is 0 Å². The molecule has 0 aliphatic rings. The van der Waals surface area contributed by atoms with E-state index < -0.39 is 5.91 Å². The number of Topliss-reactive ketones (excluding diaryl/α,β-unsaturated/α-hetero) is 1. The molecule has 0 aliphatic heterocycles. The van der Waals surface area contributed by atoms with Gasteiger partial charge in [-0.2, -0.15) is 0 Å². The largest absolute Gasteiger partial charge is 0.366 e. The summed E-state index contributed by atoms with van der Waals surface area (Å²) in [6.45, 7) is 5.09. The van der Waals surface area contributed by atoms with Crippen LogP contribution in [0.3, 0.4) is 0 Å². The number of hydrogen-bond donors (Lipinski definition) is 1. The Labute approximate surface area is 82.9 Å². The highest BCUT2D eigenvalue weighted by Crippen LogP contribution is 2.17. The van der Waals surface area contributed by atoms with E-state index in [0.717, 1.165) is 11.1 Å². The molecule has 1 rings (SSSR count). The lowest BCUT2D eigenvalue weighted by Gasteiger charge is -2.08. The van der Waals surface area contributed by atoms with E-state index in [1.807, 2.05) is 13.0 Å². The van der Waals surface area contributed by atoms with Gasteiger partial charge in [-0.3, -0.25) is 9.59 Å². The van der Waals surface area contributed by atoms with Crippen LogP contribution in [0.5, 0.6) is 0 Å². The average molecular weight is 191 g/mol. The summed E-state index contributed by atoms with van der Waals surface area (Å²) in [5.74, 6) is -0.682. The Balaban J connectivity index is 3.52. The topological polar surface area (TPSA) is 60.2 Å². The first-order valence-corrected chi connectivity index (χ1v) is 4.35. The van der Waals surface area contributed by atoms with Crippen LogP contribution in [0.1, 0.15) is 38.8 Å². The third-order valence-corrected chi connectivity index (χ3v) is 2.11. The van der Waals surface area contributed by atoms with Gasteiger partial charge in [-0.15, -0.1) is 0 Å². The molecule has 2 N–H and O–H groups in total. The van der Waals surface area contributed by atoms with E-state index in [2.05, 4.69) is 0 Å². The molecule has 0 unspecified atom stereocenters. The number of primary amides is 1. The molecule has 0 spiro atoms. The average Bonchev–Trinajstić information content (AvgIpc) is 2.01. The Morgan fingerprint density at radius 3 is 2.21 bits per heavy atom. The van der Waals surface area contributed by atoms with Crippen LogP contribution in [0.15, 0.2) is 12.1 Å². The number of amides is 1. The normalized spacial score (nSPS) is 9.93. The van der Waals surface area contributed by atoms with Gasteiger partial charge in [0.25, 0.3) is 0 Å². The van der Waals surface area contributed by atoms with Crippen molar-refractivity contribution in [3.63, 3.8) is 0 Å². The van der Waals surface area contributed by atoms with E-state index in [9.17, 15) is 9.59 Å². The summed E-state index contributed by atoms with van der Waals surface area (Å²) in [6.07, 6.45) is 0. The lowest BCUT2D eigenvalue weighted by molar-refractivity contribution is 0.0973. The second-order valence-electron chi connectivity index (χ2n) is 3.42. The Hall–Kier alpha value is -1.64. The van der Waals surface area contributed by atoms with Crippen LogP contribution in [-0.2, 0) is 0 Å². The molecule has 0 saturated heterocycles. The molecule has 0 saturated carbocycles. The summed E-state index contributed by atoms with van der Waals surface area (Å²) in [5, 5.41) is 0. The summed E-state index contributed by atoms with van der Waals surface area (Å²) < 4.78 is 0. The van der Waals surface area contributed by atoms with Gasteiger partial charge in [0.1, 0.15) is 0 Å². The lowest BCUT2D eigenvalue weighted by atomic mass is 9.96. The smallest absolute Gasteiger partial charge is 0.249 e. The zero-order valence-corrected chi connectivity index (χ0v) is 8.55. The number of aryl methyl sites for hydroxylation is 2. The van der Waals surface area contributed by atoms with E-state index in [1.54, 1.807) is 13.0 Å². The highest BCUT2D eigenvalue weighted by atomic mass is 16.1. The summed E-state index contributed by atoms with van der Waals surface area (Å²) in [7, 11) is 0. The summed E-state index contributed by atoms with van der Waals surface area (Å²) >= 11 is 0. The maximum Gasteiger partial charge on any atom is 0.249 e. The van der Waals surface area contributed by atoms with Crippen LogP contribution in [-0.4, -0.2) is 11.7 Å². The van der Waals surface area contributed by atoms with Crippen molar-refractivity contribution in [2.75, 3.05) is 0 Å². The Morgan fingerprint density at radius 2 is 1.79 bits per heavy atom. The number of rotatable bonds is 2. The van der Waals surface area contributed by atoms with E-state index in [4.69, 9.17) is 5.73 Å². The van der Waals surface area contributed by atoms with Crippen LogP contribution in [0.2, 0.25) is 0 Å². The lowest BCUT2D eigenvalue weighted by Crippen LogP contribution is -2.17. The van der Waals surface area contributed by atoms with Gasteiger partial charge in [-0.1, -0.05) is 11.6 Å². The molecule has 0 radical (unpaired) electrons. The first-order valence-electron chi connectivity index (χ1n) is 4.35. The van der Waals surface area contributed by atoms with Gasteiger partial charge in [0.05, 0.1) is 5.56 Å². The molecule has 3 nitrogen and oxygen atoms in total. The minimum atomic E-state index is -0.548. The summed E-state index contributed by atoms with van der Waals surface area (Å²) in [4.78, 5) is 22.4. The molecule has 1 aromatic carbocycles. The first-order chi connectivity index (χ1) is 6.43.